The summed E-state index contributed by atoms with van der Waals surface area (Å²) in [4.78, 5) is 16.0. The van der Waals surface area contributed by atoms with E-state index >= 15 is 0 Å². The third-order valence-corrected chi connectivity index (χ3v) is 4.55. The van der Waals surface area contributed by atoms with E-state index in [4.69, 9.17) is 28.2 Å². The van der Waals surface area contributed by atoms with Crippen LogP contribution in [0.25, 0.3) is 17.4 Å². The first-order chi connectivity index (χ1) is 13.5. The molecule has 28 heavy (non-hydrogen) atoms. The predicted molar refractivity (Wildman–Crippen MR) is 115 cm³/mol. The molecule has 0 spiro atoms. The number of nitrogens with zero attached hydrogens (tertiary/aromatic N) is 1. The second-order valence-electron chi connectivity index (χ2n) is 6.03. The van der Waals surface area contributed by atoms with E-state index in [-0.39, 0.29) is 11.0 Å². The average molecular weight is 412 g/mol. The molecule has 0 unspecified atom stereocenters. The van der Waals surface area contributed by atoms with Gasteiger partial charge in [0, 0.05) is 35.6 Å². The lowest BCUT2D eigenvalue weighted by Gasteiger charge is -2.07. The number of aromatic nitrogens is 1. The molecule has 0 saturated carbocycles. The molecule has 0 aliphatic heterocycles. The number of amides is 1. The molecule has 142 valence electrons. The molecule has 5 nitrogen and oxygen atoms in total. The summed E-state index contributed by atoms with van der Waals surface area (Å²) in [6.07, 6.45) is 6.37. The standard InChI is InChI=1S/C21H18ClN3O2S/c1-14-4-5-16(11-18(14)22)19-8-6-17(27-19)7-9-20(26)25-21(28)24-13-15-3-2-10-23-12-15/h2-12H,13H2,1H3,(H2,24,25,26,28)/b9-7+. The van der Waals surface area contributed by atoms with E-state index < -0.39 is 0 Å². The number of hydrogen-bond donors (Lipinski definition) is 2. The number of benzene rings is 1. The number of pyridine rings is 1. The van der Waals surface area contributed by atoms with E-state index in [0.29, 0.717) is 23.1 Å². The van der Waals surface area contributed by atoms with Crippen molar-refractivity contribution in [3.8, 4) is 11.3 Å². The molecule has 7 heteroatoms. The van der Waals surface area contributed by atoms with Crippen molar-refractivity contribution in [2.24, 2.45) is 0 Å². The summed E-state index contributed by atoms with van der Waals surface area (Å²) in [5.41, 5.74) is 2.84. The number of hydrogen-bond acceptors (Lipinski definition) is 4. The van der Waals surface area contributed by atoms with Crippen LogP contribution in [-0.2, 0) is 11.3 Å². The Morgan fingerprint density at radius 1 is 1.29 bits per heavy atom. The highest BCUT2D eigenvalue weighted by molar-refractivity contribution is 7.80. The van der Waals surface area contributed by atoms with E-state index in [1.165, 1.54) is 6.08 Å². The van der Waals surface area contributed by atoms with Crippen molar-refractivity contribution in [1.29, 1.82) is 0 Å². The normalized spacial score (nSPS) is 10.8. The molecule has 0 aliphatic rings. The maximum Gasteiger partial charge on any atom is 0.250 e. The molecule has 2 aromatic heterocycles. The lowest BCUT2D eigenvalue weighted by Crippen LogP contribution is -2.37. The lowest BCUT2D eigenvalue weighted by molar-refractivity contribution is -0.115. The molecule has 0 fully saturated rings. The SMILES string of the molecule is Cc1ccc(-c2ccc(/C=C/C(=O)NC(=S)NCc3cccnc3)o2)cc1Cl. The van der Waals surface area contributed by atoms with Gasteiger partial charge in [0.1, 0.15) is 11.5 Å². The third kappa shape index (κ3) is 5.52. The van der Waals surface area contributed by atoms with Gasteiger partial charge in [-0.3, -0.25) is 15.1 Å². The highest BCUT2D eigenvalue weighted by Gasteiger charge is 2.06. The Morgan fingerprint density at radius 3 is 2.89 bits per heavy atom. The Morgan fingerprint density at radius 2 is 2.14 bits per heavy atom. The van der Waals surface area contributed by atoms with Crippen molar-refractivity contribution in [3.63, 3.8) is 0 Å². The number of furan rings is 1. The molecule has 0 atom stereocenters. The first kappa shape index (κ1) is 19.8. The van der Waals surface area contributed by atoms with Crippen molar-refractivity contribution in [1.82, 2.24) is 15.6 Å². The van der Waals surface area contributed by atoms with Crippen LogP contribution in [0.5, 0.6) is 0 Å². The summed E-state index contributed by atoms with van der Waals surface area (Å²) in [5, 5.41) is 6.46. The van der Waals surface area contributed by atoms with Crippen LogP contribution in [0.15, 0.2) is 65.4 Å². The second kappa shape index (κ2) is 9.30. The van der Waals surface area contributed by atoms with E-state index in [2.05, 4.69) is 15.6 Å². The quantitative estimate of drug-likeness (QED) is 0.477. The average Bonchev–Trinajstić information content (AvgIpc) is 3.17. The van der Waals surface area contributed by atoms with Crippen LogP contribution in [0.4, 0.5) is 0 Å². The summed E-state index contributed by atoms with van der Waals surface area (Å²) in [6, 6.07) is 13.1. The Kier molecular flexibility index (Phi) is 6.57. The van der Waals surface area contributed by atoms with Gasteiger partial charge in [-0.15, -0.1) is 0 Å². The molecule has 0 saturated heterocycles. The fourth-order valence-electron chi connectivity index (χ4n) is 2.38. The molecular weight excluding hydrogens is 394 g/mol. The Hall–Kier alpha value is -2.96. The highest BCUT2D eigenvalue weighted by Crippen LogP contribution is 2.27. The van der Waals surface area contributed by atoms with Crippen molar-refractivity contribution >= 4 is 40.9 Å². The van der Waals surface area contributed by atoms with Crippen LogP contribution in [0.2, 0.25) is 5.02 Å². The number of thiocarbonyl (C=S) groups is 1. The van der Waals surface area contributed by atoms with Crippen LogP contribution < -0.4 is 10.6 Å². The summed E-state index contributed by atoms with van der Waals surface area (Å²) in [5.74, 6) is 0.881. The number of rotatable bonds is 5. The van der Waals surface area contributed by atoms with Gasteiger partial charge in [-0.2, -0.15) is 0 Å². The summed E-state index contributed by atoms with van der Waals surface area (Å²) >= 11 is 11.3. The van der Waals surface area contributed by atoms with Crippen LogP contribution in [0.3, 0.4) is 0 Å². The molecule has 1 aromatic carbocycles. The van der Waals surface area contributed by atoms with Crippen LogP contribution in [0, 0.1) is 6.92 Å². The summed E-state index contributed by atoms with van der Waals surface area (Å²) < 4.78 is 5.74. The van der Waals surface area contributed by atoms with Gasteiger partial charge < -0.3 is 9.73 Å². The largest absolute Gasteiger partial charge is 0.457 e. The van der Waals surface area contributed by atoms with Gasteiger partial charge in [-0.1, -0.05) is 29.8 Å². The van der Waals surface area contributed by atoms with Crippen LogP contribution in [0.1, 0.15) is 16.9 Å². The van der Waals surface area contributed by atoms with E-state index in [0.717, 1.165) is 16.7 Å². The number of nitrogens with one attached hydrogen (secondary N) is 2. The van der Waals surface area contributed by atoms with Crippen molar-refractivity contribution in [2.45, 2.75) is 13.5 Å². The number of aryl methyl sites for hydroxylation is 1. The zero-order valence-electron chi connectivity index (χ0n) is 15.1. The highest BCUT2D eigenvalue weighted by atomic mass is 35.5. The predicted octanol–water partition coefficient (Wildman–Crippen LogP) is 4.51. The molecule has 3 rings (SSSR count). The van der Waals surface area contributed by atoms with E-state index in [9.17, 15) is 4.79 Å². The zero-order valence-corrected chi connectivity index (χ0v) is 16.7. The van der Waals surface area contributed by atoms with Crippen LogP contribution in [-0.4, -0.2) is 16.0 Å². The Bertz CT molecular complexity index is 1020. The van der Waals surface area contributed by atoms with Gasteiger partial charge in [-0.05, 0) is 60.6 Å². The van der Waals surface area contributed by atoms with Gasteiger partial charge in [0.05, 0.1) is 0 Å². The van der Waals surface area contributed by atoms with Gasteiger partial charge >= 0.3 is 0 Å². The maximum absolute atomic E-state index is 12.0. The third-order valence-electron chi connectivity index (χ3n) is 3.89. The van der Waals surface area contributed by atoms with Crippen molar-refractivity contribution in [3.05, 3.63) is 82.8 Å². The van der Waals surface area contributed by atoms with Crippen molar-refractivity contribution in [2.75, 3.05) is 0 Å². The summed E-state index contributed by atoms with van der Waals surface area (Å²) in [7, 11) is 0. The maximum atomic E-state index is 12.0. The van der Waals surface area contributed by atoms with E-state index in [1.807, 2.05) is 43.3 Å². The number of carbonyl (C=O) groups is 1. The minimum absolute atomic E-state index is 0.243. The molecule has 3 aromatic rings. The zero-order chi connectivity index (χ0) is 19.9. The number of carbonyl (C=O) groups excluding carboxylic acids is 1. The van der Waals surface area contributed by atoms with Gasteiger partial charge in [0.25, 0.3) is 0 Å². The molecule has 0 aliphatic carbocycles. The minimum Gasteiger partial charge on any atom is -0.457 e. The topological polar surface area (TPSA) is 67.2 Å². The second-order valence-corrected chi connectivity index (χ2v) is 6.85. The molecule has 1 amide bonds. The smallest absolute Gasteiger partial charge is 0.250 e. The minimum atomic E-state index is -0.347. The Balaban J connectivity index is 1.53. The monoisotopic (exact) mass is 411 g/mol. The molecule has 2 N–H and O–H groups in total. The molecule has 0 radical (unpaired) electrons. The van der Waals surface area contributed by atoms with Gasteiger partial charge in [-0.25, -0.2) is 0 Å². The first-order valence-electron chi connectivity index (χ1n) is 8.53. The Labute approximate surface area is 173 Å². The fourth-order valence-corrected chi connectivity index (χ4v) is 2.74. The molecular formula is C21H18ClN3O2S. The number of halogens is 1. The van der Waals surface area contributed by atoms with Gasteiger partial charge in [0.2, 0.25) is 5.91 Å². The van der Waals surface area contributed by atoms with Crippen LogP contribution >= 0.6 is 23.8 Å². The lowest BCUT2D eigenvalue weighted by atomic mass is 10.1. The van der Waals surface area contributed by atoms with Crippen molar-refractivity contribution < 1.29 is 9.21 Å². The first-order valence-corrected chi connectivity index (χ1v) is 9.32. The molecule has 2 heterocycles. The fraction of sp³-hybridized carbons (Fsp3) is 0.0952. The summed E-state index contributed by atoms with van der Waals surface area (Å²) in [6.45, 7) is 2.42. The van der Waals surface area contributed by atoms with E-state index in [1.54, 1.807) is 24.5 Å². The van der Waals surface area contributed by atoms with Gasteiger partial charge in [0.15, 0.2) is 5.11 Å². The molecule has 0 bridgehead atoms.